The summed E-state index contributed by atoms with van der Waals surface area (Å²) in [6.07, 6.45) is 1.38. The van der Waals surface area contributed by atoms with E-state index in [0.29, 0.717) is 12.1 Å². The van der Waals surface area contributed by atoms with Crippen LogP contribution in [0.4, 0.5) is 5.69 Å². The summed E-state index contributed by atoms with van der Waals surface area (Å²) in [5.74, 6) is -0.908. The molecule has 1 aromatic rings. The average Bonchev–Trinajstić information content (AvgIpc) is 2.28. The highest BCUT2D eigenvalue weighted by Gasteiger charge is 2.27. The molecule has 19 heavy (non-hydrogen) atoms. The monoisotopic (exact) mass is 283 g/mol. The van der Waals surface area contributed by atoms with E-state index in [1.807, 2.05) is 6.92 Å². The molecule has 1 atom stereocenters. The van der Waals surface area contributed by atoms with Crippen molar-refractivity contribution in [2.75, 3.05) is 5.32 Å². The van der Waals surface area contributed by atoms with Crippen LogP contribution < -0.4 is 16.8 Å². The first-order valence-electron chi connectivity index (χ1n) is 5.97. The second-order valence-electron chi connectivity index (χ2n) is 4.68. The van der Waals surface area contributed by atoms with Gasteiger partial charge in [-0.05, 0) is 31.5 Å². The van der Waals surface area contributed by atoms with E-state index >= 15 is 0 Å². The van der Waals surface area contributed by atoms with Gasteiger partial charge in [0.2, 0.25) is 11.8 Å². The standard InChI is InChI=1S/C13H18ClN3O2/c1-3-6-13(2,16)12(19)17-8-4-5-9(11(15)18)10(14)7-8/h4-5,7H,3,6,16H2,1-2H3,(H2,15,18)(H,17,19). The second-order valence-corrected chi connectivity index (χ2v) is 5.09. The molecule has 0 aliphatic heterocycles. The minimum atomic E-state index is -0.941. The van der Waals surface area contributed by atoms with E-state index in [9.17, 15) is 9.59 Å². The number of nitrogens with one attached hydrogen (secondary N) is 1. The van der Waals surface area contributed by atoms with Crippen LogP contribution in [0.3, 0.4) is 0 Å². The van der Waals surface area contributed by atoms with Crippen molar-refractivity contribution in [1.29, 1.82) is 0 Å². The van der Waals surface area contributed by atoms with Gasteiger partial charge in [0, 0.05) is 5.69 Å². The minimum Gasteiger partial charge on any atom is -0.366 e. The third-order valence-corrected chi connectivity index (χ3v) is 3.09. The van der Waals surface area contributed by atoms with E-state index in [1.54, 1.807) is 13.0 Å². The molecule has 1 rings (SSSR count). The van der Waals surface area contributed by atoms with E-state index in [4.69, 9.17) is 23.1 Å². The summed E-state index contributed by atoms with van der Waals surface area (Å²) in [7, 11) is 0. The van der Waals surface area contributed by atoms with Crippen LogP contribution in [0.25, 0.3) is 0 Å². The van der Waals surface area contributed by atoms with Gasteiger partial charge in [-0.1, -0.05) is 24.9 Å². The maximum Gasteiger partial charge on any atom is 0.250 e. The molecule has 104 valence electrons. The fourth-order valence-corrected chi connectivity index (χ4v) is 1.97. The van der Waals surface area contributed by atoms with Gasteiger partial charge in [-0.2, -0.15) is 0 Å². The number of primary amides is 1. The van der Waals surface area contributed by atoms with E-state index in [0.717, 1.165) is 6.42 Å². The first kappa shape index (κ1) is 15.5. The van der Waals surface area contributed by atoms with E-state index in [1.165, 1.54) is 12.1 Å². The largest absolute Gasteiger partial charge is 0.366 e. The normalized spacial score (nSPS) is 13.7. The smallest absolute Gasteiger partial charge is 0.250 e. The van der Waals surface area contributed by atoms with Gasteiger partial charge in [0.25, 0.3) is 0 Å². The summed E-state index contributed by atoms with van der Waals surface area (Å²) in [5, 5.41) is 2.87. The lowest BCUT2D eigenvalue weighted by molar-refractivity contribution is -0.120. The van der Waals surface area contributed by atoms with Crippen molar-refractivity contribution in [3.05, 3.63) is 28.8 Å². The highest BCUT2D eigenvalue weighted by Crippen LogP contribution is 2.21. The number of hydrogen-bond acceptors (Lipinski definition) is 3. The van der Waals surface area contributed by atoms with Gasteiger partial charge in [-0.3, -0.25) is 9.59 Å². The molecule has 5 N–H and O–H groups in total. The third kappa shape index (κ3) is 3.94. The minimum absolute atomic E-state index is 0.194. The zero-order chi connectivity index (χ0) is 14.6. The number of carbonyl (C=O) groups excluding carboxylic acids is 2. The molecule has 0 aliphatic carbocycles. The highest BCUT2D eigenvalue weighted by atomic mass is 35.5. The third-order valence-electron chi connectivity index (χ3n) is 2.78. The van der Waals surface area contributed by atoms with Crippen molar-refractivity contribution in [2.24, 2.45) is 11.5 Å². The predicted octanol–water partition coefficient (Wildman–Crippen LogP) is 1.89. The molecule has 1 unspecified atom stereocenters. The van der Waals surface area contributed by atoms with Crippen LogP contribution >= 0.6 is 11.6 Å². The van der Waals surface area contributed by atoms with Crippen LogP contribution in [-0.2, 0) is 4.79 Å². The van der Waals surface area contributed by atoms with Crippen molar-refractivity contribution < 1.29 is 9.59 Å². The molecule has 5 nitrogen and oxygen atoms in total. The SMILES string of the molecule is CCCC(C)(N)C(=O)Nc1ccc(C(N)=O)c(Cl)c1. The van der Waals surface area contributed by atoms with Crippen LogP contribution in [-0.4, -0.2) is 17.4 Å². The van der Waals surface area contributed by atoms with Gasteiger partial charge in [0.15, 0.2) is 0 Å². The van der Waals surface area contributed by atoms with Gasteiger partial charge in [-0.15, -0.1) is 0 Å². The van der Waals surface area contributed by atoms with Gasteiger partial charge in [-0.25, -0.2) is 0 Å². The molecule has 0 fully saturated rings. The van der Waals surface area contributed by atoms with Crippen LogP contribution in [0.2, 0.25) is 5.02 Å². The van der Waals surface area contributed by atoms with E-state index in [2.05, 4.69) is 5.32 Å². The molecule has 0 saturated heterocycles. The number of carbonyl (C=O) groups is 2. The molecule has 1 aromatic carbocycles. The van der Waals surface area contributed by atoms with Crippen LogP contribution in [0.15, 0.2) is 18.2 Å². The summed E-state index contributed by atoms with van der Waals surface area (Å²) in [5.41, 5.74) is 10.8. The van der Waals surface area contributed by atoms with Gasteiger partial charge in [0.05, 0.1) is 16.1 Å². The number of hydrogen-bond donors (Lipinski definition) is 3. The van der Waals surface area contributed by atoms with Crippen LogP contribution in [0.1, 0.15) is 37.0 Å². The fourth-order valence-electron chi connectivity index (χ4n) is 1.70. The number of nitrogens with two attached hydrogens (primary N) is 2. The Balaban J connectivity index is 2.87. The lowest BCUT2D eigenvalue weighted by Gasteiger charge is -2.23. The van der Waals surface area contributed by atoms with Crippen molar-refractivity contribution >= 4 is 29.1 Å². The second kappa shape index (κ2) is 6.04. The van der Waals surface area contributed by atoms with Crippen molar-refractivity contribution in [1.82, 2.24) is 0 Å². The molecule has 2 amide bonds. The predicted molar refractivity (Wildman–Crippen MR) is 76.1 cm³/mol. The fraction of sp³-hybridized carbons (Fsp3) is 0.385. The maximum atomic E-state index is 12.0. The molecule has 0 radical (unpaired) electrons. The lowest BCUT2D eigenvalue weighted by Crippen LogP contribution is -2.48. The molecular weight excluding hydrogens is 266 g/mol. The van der Waals surface area contributed by atoms with E-state index < -0.39 is 11.4 Å². The summed E-state index contributed by atoms with van der Waals surface area (Å²) in [4.78, 5) is 23.0. The van der Waals surface area contributed by atoms with Crippen molar-refractivity contribution in [3.63, 3.8) is 0 Å². The lowest BCUT2D eigenvalue weighted by atomic mass is 9.96. The molecule has 0 heterocycles. The molecular formula is C13H18ClN3O2. The number of rotatable bonds is 5. The van der Waals surface area contributed by atoms with Crippen LogP contribution in [0.5, 0.6) is 0 Å². The molecule has 6 heteroatoms. The van der Waals surface area contributed by atoms with Gasteiger partial charge in [0.1, 0.15) is 0 Å². The number of benzene rings is 1. The number of anilines is 1. The van der Waals surface area contributed by atoms with Gasteiger partial charge >= 0.3 is 0 Å². The Morgan fingerprint density at radius 1 is 1.42 bits per heavy atom. The average molecular weight is 284 g/mol. The quantitative estimate of drug-likeness (QED) is 0.769. The summed E-state index contributed by atoms with van der Waals surface area (Å²) in [6, 6.07) is 4.50. The Hall–Kier alpha value is -1.59. The number of halogens is 1. The Labute approximate surface area is 117 Å². The van der Waals surface area contributed by atoms with E-state index in [-0.39, 0.29) is 16.5 Å². The first-order chi connectivity index (χ1) is 8.77. The Bertz CT molecular complexity index is 501. The van der Waals surface area contributed by atoms with Crippen LogP contribution in [0, 0.1) is 0 Å². The molecule has 0 aliphatic rings. The highest BCUT2D eigenvalue weighted by molar-refractivity contribution is 6.34. The topological polar surface area (TPSA) is 98.2 Å². The first-order valence-corrected chi connectivity index (χ1v) is 6.35. The molecule has 0 aromatic heterocycles. The summed E-state index contributed by atoms with van der Waals surface area (Å²) >= 11 is 5.90. The zero-order valence-corrected chi connectivity index (χ0v) is 11.8. The Morgan fingerprint density at radius 2 is 2.05 bits per heavy atom. The number of amides is 2. The Kier molecular flexibility index (Phi) is 4.91. The molecule has 0 spiro atoms. The van der Waals surface area contributed by atoms with Gasteiger partial charge < -0.3 is 16.8 Å². The maximum absolute atomic E-state index is 12.0. The van der Waals surface area contributed by atoms with Crippen molar-refractivity contribution in [3.8, 4) is 0 Å². The van der Waals surface area contributed by atoms with Crippen molar-refractivity contribution in [2.45, 2.75) is 32.2 Å². The summed E-state index contributed by atoms with van der Waals surface area (Å²) in [6.45, 7) is 3.63. The molecule has 0 saturated carbocycles. The Morgan fingerprint density at radius 3 is 2.53 bits per heavy atom. The summed E-state index contributed by atoms with van der Waals surface area (Å²) < 4.78 is 0. The zero-order valence-electron chi connectivity index (χ0n) is 11.0. The molecule has 0 bridgehead atoms.